The number of hydrogen-bond donors (Lipinski definition) is 1. The van der Waals surface area contributed by atoms with Crippen LogP contribution in [0.4, 0.5) is 4.39 Å². The summed E-state index contributed by atoms with van der Waals surface area (Å²) in [4.78, 5) is 11.4. The molecule has 0 aliphatic carbocycles. The van der Waals surface area contributed by atoms with Gasteiger partial charge in [0.25, 0.3) is 0 Å². The van der Waals surface area contributed by atoms with Gasteiger partial charge in [0.2, 0.25) is 5.75 Å². The molecule has 1 heterocycles. The molecule has 3 rings (SSSR count). The molecule has 0 bridgehead atoms. The molecule has 28 heavy (non-hydrogen) atoms. The van der Waals surface area contributed by atoms with Crippen LogP contribution in [0.2, 0.25) is 0 Å². The van der Waals surface area contributed by atoms with Gasteiger partial charge in [0, 0.05) is 7.05 Å². The van der Waals surface area contributed by atoms with Crippen molar-refractivity contribution in [3.63, 3.8) is 0 Å². The van der Waals surface area contributed by atoms with Gasteiger partial charge in [-0.3, -0.25) is 4.57 Å². The number of H-pyrrole nitrogens is 1. The molecule has 0 fully saturated rings. The smallest absolute Gasteiger partial charge is 0.343 e. The van der Waals surface area contributed by atoms with E-state index in [1.807, 2.05) is 12.1 Å². The second-order valence-corrected chi connectivity index (χ2v) is 5.66. The molecule has 0 amide bonds. The molecular formula is C18H11BFN5O3. The molecule has 0 atom stereocenters. The number of nitrogens with zero attached hydrogens (tertiary/aromatic N) is 4. The molecule has 0 saturated carbocycles. The first kappa shape index (κ1) is 18.7. The van der Waals surface area contributed by atoms with Crippen LogP contribution in [0.15, 0.2) is 35.1 Å². The van der Waals surface area contributed by atoms with E-state index in [-0.39, 0.29) is 46.3 Å². The number of benzene rings is 2. The average Bonchev–Trinajstić information content (AvgIpc) is 3.02. The molecule has 136 valence electrons. The predicted molar refractivity (Wildman–Crippen MR) is 95.9 cm³/mol. The summed E-state index contributed by atoms with van der Waals surface area (Å²) in [6.07, 6.45) is 0. The minimum absolute atomic E-state index is 0.00279. The van der Waals surface area contributed by atoms with Crippen molar-refractivity contribution in [1.29, 1.82) is 10.5 Å². The summed E-state index contributed by atoms with van der Waals surface area (Å²) in [6, 6.07) is 10.6. The Kier molecular flexibility index (Phi) is 5.14. The second kappa shape index (κ2) is 7.68. The van der Waals surface area contributed by atoms with Crippen molar-refractivity contribution >= 4 is 13.3 Å². The van der Waals surface area contributed by atoms with Gasteiger partial charge in [-0.15, -0.1) is 0 Å². The van der Waals surface area contributed by atoms with Gasteiger partial charge in [-0.05, 0) is 24.3 Å². The third kappa shape index (κ3) is 3.71. The molecule has 2 aromatic carbocycles. The molecule has 0 aliphatic heterocycles. The summed E-state index contributed by atoms with van der Waals surface area (Å²) in [5, 5.41) is 24.2. The maximum atomic E-state index is 14.6. The van der Waals surface area contributed by atoms with Gasteiger partial charge in [0.15, 0.2) is 17.4 Å². The topological polar surface area (TPSA) is 117 Å². The van der Waals surface area contributed by atoms with Crippen LogP contribution >= 0.6 is 0 Å². The number of rotatable bonds is 5. The number of nitrogens with one attached hydrogen (secondary N) is 1. The fourth-order valence-corrected chi connectivity index (χ4v) is 2.32. The van der Waals surface area contributed by atoms with Crippen LogP contribution in [0.1, 0.15) is 17.0 Å². The lowest BCUT2D eigenvalue weighted by Gasteiger charge is -2.15. The number of aromatic nitrogens is 3. The summed E-state index contributed by atoms with van der Waals surface area (Å²) >= 11 is 0. The van der Waals surface area contributed by atoms with Gasteiger partial charge in [-0.1, -0.05) is 11.5 Å². The van der Waals surface area contributed by atoms with Crippen LogP contribution in [-0.4, -0.2) is 22.6 Å². The maximum Gasteiger partial charge on any atom is 0.343 e. The first-order chi connectivity index (χ1) is 13.4. The highest BCUT2D eigenvalue weighted by Gasteiger charge is 2.17. The maximum absolute atomic E-state index is 14.6. The van der Waals surface area contributed by atoms with Crippen LogP contribution in [0.5, 0.6) is 17.2 Å². The lowest BCUT2D eigenvalue weighted by molar-refractivity contribution is 0.274. The molecule has 2 radical (unpaired) electrons. The molecule has 10 heteroatoms. The number of nitriles is 2. The quantitative estimate of drug-likeness (QED) is 0.669. The molecule has 3 aromatic rings. The van der Waals surface area contributed by atoms with E-state index in [0.29, 0.717) is 0 Å². The van der Waals surface area contributed by atoms with Gasteiger partial charge in [0.05, 0.1) is 23.3 Å². The minimum atomic E-state index is -0.866. The molecule has 0 spiro atoms. The Morgan fingerprint density at radius 3 is 2.50 bits per heavy atom. The van der Waals surface area contributed by atoms with Crippen LogP contribution in [0, 0.1) is 28.5 Å². The number of aromatic amines is 1. The standard InChI is InChI=1S/C18H11BFN5O3/c1-25-15(23-24-18(25)26)9-27-14-3-2-13(19)16(20)17(14)28-12-5-10(7-21)4-11(6-12)8-22/h2-6H,9H2,1H3,(H,24,26). The molecule has 8 nitrogen and oxygen atoms in total. The molecule has 0 saturated heterocycles. The highest BCUT2D eigenvalue weighted by molar-refractivity contribution is 6.32. The van der Waals surface area contributed by atoms with E-state index in [1.54, 1.807) is 0 Å². The van der Waals surface area contributed by atoms with Crippen molar-refractivity contribution in [3.8, 4) is 29.4 Å². The third-order valence-electron chi connectivity index (χ3n) is 3.80. The Morgan fingerprint density at radius 1 is 1.25 bits per heavy atom. The molecule has 0 unspecified atom stereocenters. The summed E-state index contributed by atoms with van der Waals surface area (Å²) in [5.41, 5.74) is -0.248. The zero-order valence-electron chi connectivity index (χ0n) is 14.6. The van der Waals surface area contributed by atoms with Gasteiger partial charge in [-0.2, -0.15) is 15.6 Å². The van der Waals surface area contributed by atoms with E-state index in [4.69, 9.17) is 27.8 Å². The van der Waals surface area contributed by atoms with Crippen LogP contribution in [0.3, 0.4) is 0 Å². The summed E-state index contributed by atoms with van der Waals surface area (Å²) in [5.74, 6) is -0.833. The molecule has 1 N–H and O–H groups in total. The van der Waals surface area contributed by atoms with E-state index >= 15 is 0 Å². The fourth-order valence-electron chi connectivity index (χ4n) is 2.32. The highest BCUT2D eigenvalue weighted by atomic mass is 19.1. The van der Waals surface area contributed by atoms with E-state index in [2.05, 4.69) is 10.2 Å². The Balaban J connectivity index is 1.95. The van der Waals surface area contributed by atoms with Gasteiger partial charge in [0.1, 0.15) is 20.2 Å². The van der Waals surface area contributed by atoms with Crippen molar-refractivity contribution in [1.82, 2.24) is 14.8 Å². The van der Waals surface area contributed by atoms with Gasteiger partial charge in [-0.25, -0.2) is 14.3 Å². The van der Waals surface area contributed by atoms with Crippen molar-refractivity contribution in [2.45, 2.75) is 6.61 Å². The van der Waals surface area contributed by atoms with Gasteiger partial charge < -0.3 is 9.47 Å². The fraction of sp³-hybridized carbons (Fsp3) is 0.111. The minimum Gasteiger partial charge on any atom is -0.482 e. The van der Waals surface area contributed by atoms with Crippen molar-refractivity contribution in [2.24, 2.45) is 7.05 Å². The largest absolute Gasteiger partial charge is 0.482 e. The van der Waals surface area contributed by atoms with E-state index in [9.17, 15) is 9.18 Å². The first-order valence-corrected chi connectivity index (χ1v) is 7.87. The normalized spacial score (nSPS) is 10.1. The Labute approximate surface area is 159 Å². The van der Waals surface area contributed by atoms with Crippen LogP contribution in [0.25, 0.3) is 0 Å². The highest BCUT2D eigenvalue weighted by Crippen LogP contribution is 2.34. The zero-order valence-corrected chi connectivity index (χ0v) is 14.6. The summed E-state index contributed by atoms with van der Waals surface area (Å²) in [7, 11) is 7.11. The van der Waals surface area contributed by atoms with Crippen LogP contribution < -0.4 is 20.6 Å². The lowest BCUT2D eigenvalue weighted by atomic mass is 9.95. The summed E-state index contributed by atoms with van der Waals surface area (Å²) < 4.78 is 26.9. The van der Waals surface area contributed by atoms with E-state index in [0.717, 1.165) is 0 Å². The number of hydrogen-bond acceptors (Lipinski definition) is 6. The van der Waals surface area contributed by atoms with Crippen molar-refractivity contribution < 1.29 is 13.9 Å². The lowest BCUT2D eigenvalue weighted by Crippen LogP contribution is -2.16. The van der Waals surface area contributed by atoms with Crippen LogP contribution in [-0.2, 0) is 13.7 Å². The van der Waals surface area contributed by atoms with Crippen molar-refractivity contribution in [3.05, 3.63) is 63.6 Å². The first-order valence-electron chi connectivity index (χ1n) is 7.87. The van der Waals surface area contributed by atoms with E-state index < -0.39 is 11.5 Å². The average molecular weight is 375 g/mol. The van der Waals surface area contributed by atoms with Gasteiger partial charge >= 0.3 is 5.69 Å². The molecule has 1 aromatic heterocycles. The Morgan fingerprint density at radius 2 is 1.93 bits per heavy atom. The number of ether oxygens (including phenoxy) is 2. The number of halogens is 1. The van der Waals surface area contributed by atoms with Crippen molar-refractivity contribution in [2.75, 3.05) is 0 Å². The summed E-state index contributed by atoms with van der Waals surface area (Å²) in [6.45, 7) is -0.142. The SMILES string of the molecule is [B]c1ccc(OCc2n[nH]c(=O)n2C)c(Oc2cc(C#N)cc(C#N)c2)c1F. The predicted octanol–water partition coefficient (Wildman–Crippen LogP) is 1.16. The monoisotopic (exact) mass is 375 g/mol. The Hall–Kier alpha value is -4.05. The zero-order chi connectivity index (χ0) is 20.3. The third-order valence-corrected chi connectivity index (χ3v) is 3.80. The molecular weight excluding hydrogens is 364 g/mol. The Bertz CT molecular complexity index is 1160. The van der Waals surface area contributed by atoms with E-state index in [1.165, 1.54) is 41.9 Å². The molecule has 0 aliphatic rings. The second-order valence-electron chi connectivity index (χ2n) is 5.66.